The molecule has 0 bridgehead atoms. The SMILES string of the molecule is O=C1C=CCC1Oc1ccccc1. The number of para-hydroxylation sites is 1. The second-order valence-electron chi connectivity index (χ2n) is 2.96. The van der Waals surface area contributed by atoms with Crippen molar-refractivity contribution in [2.24, 2.45) is 0 Å². The minimum absolute atomic E-state index is 0.0591. The Morgan fingerprint density at radius 3 is 2.62 bits per heavy atom. The van der Waals surface area contributed by atoms with Crippen LogP contribution >= 0.6 is 0 Å². The molecule has 0 fully saturated rings. The molecule has 66 valence electrons. The summed E-state index contributed by atoms with van der Waals surface area (Å²) in [7, 11) is 0. The van der Waals surface area contributed by atoms with Gasteiger partial charge in [-0.05, 0) is 18.2 Å². The molecule has 1 aromatic rings. The molecular weight excluding hydrogens is 164 g/mol. The average Bonchev–Trinajstić information content (AvgIpc) is 2.54. The quantitative estimate of drug-likeness (QED) is 0.685. The zero-order valence-electron chi connectivity index (χ0n) is 7.14. The number of carbonyl (C=O) groups is 1. The monoisotopic (exact) mass is 174 g/mol. The highest BCUT2D eigenvalue weighted by Crippen LogP contribution is 2.16. The first-order valence-corrected chi connectivity index (χ1v) is 4.28. The molecule has 1 atom stereocenters. The fourth-order valence-corrected chi connectivity index (χ4v) is 1.30. The fourth-order valence-electron chi connectivity index (χ4n) is 1.30. The number of carbonyl (C=O) groups excluding carboxylic acids is 1. The Morgan fingerprint density at radius 2 is 2.00 bits per heavy atom. The number of hydrogen-bond donors (Lipinski definition) is 0. The van der Waals surface area contributed by atoms with Crippen molar-refractivity contribution in [1.82, 2.24) is 0 Å². The summed E-state index contributed by atoms with van der Waals surface area (Å²) in [6, 6.07) is 9.41. The van der Waals surface area contributed by atoms with Gasteiger partial charge in [-0.3, -0.25) is 4.79 Å². The number of ether oxygens (including phenoxy) is 1. The molecular formula is C11H10O2. The predicted molar refractivity (Wildman–Crippen MR) is 49.6 cm³/mol. The lowest BCUT2D eigenvalue weighted by Gasteiger charge is -2.11. The van der Waals surface area contributed by atoms with E-state index < -0.39 is 0 Å². The van der Waals surface area contributed by atoms with Gasteiger partial charge in [-0.1, -0.05) is 24.3 Å². The lowest BCUT2D eigenvalue weighted by Crippen LogP contribution is -2.21. The molecule has 1 aromatic carbocycles. The van der Waals surface area contributed by atoms with Gasteiger partial charge < -0.3 is 4.74 Å². The molecule has 0 spiro atoms. The summed E-state index contributed by atoms with van der Waals surface area (Å²) in [5, 5.41) is 0. The fraction of sp³-hybridized carbons (Fsp3) is 0.182. The molecule has 0 aliphatic heterocycles. The minimum Gasteiger partial charge on any atom is -0.482 e. The predicted octanol–water partition coefficient (Wildman–Crippen LogP) is 1.96. The van der Waals surface area contributed by atoms with E-state index in [1.165, 1.54) is 0 Å². The van der Waals surface area contributed by atoms with E-state index in [0.717, 1.165) is 5.75 Å². The molecule has 1 unspecified atom stereocenters. The maximum Gasteiger partial charge on any atom is 0.196 e. The minimum atomic E-state index is -0.303. The highest BCUT2D eigenvalue weighted by Gasteiger charge is 2.20. The van der Waals surface area contributed by atoms with Gasteiger partial charge >= 0.3 is 0 Å². The van der Waals surface area contributed by atoms with Crippen LogP contribution in [-0.4, -0.2) is 11.9 Å². The number of rotatable bonds is 2. The third-order valence-electron chi connectivity index (χ3n) is 1.97. The smallest absolute Gasteiger partial charge is 0.196 e. The summed E-state index contributed by atoms with van der Waals surface area (Å²) in [5.74, 6) is 0.813. The normalized spacial score (nSPS) is 20.6. The lowest BCUT2D eigenvalue weighted by atomic mass is 10.2. The van der Waals surface area contributed by atoms with Crippen molar-refractivity contribution >= 4 is 5.78 Å². The van der Waals surface area contributed by atoms with Gasteiger partial charge in [0.25, 0.3) is 0 Å². The molecule has 1 aliphatic rings. The molecule has 0 radical (unpaired) electrons. The van der Waals surface area contributed by atoms with Crippen molar-refractivity contribution in [3.8, 4) is 5.75 Å². The van der Waals surface area contributed by atoms with Gasteiger partial charge in [-0.15, -0.1) is 0 Å². The summed E-state index contributed by atoms with van der Waals surface area (Å²) in [6.45, 7) is 0. The Bertz CT molecular complexity index is 327. The Kier molecular flexibility index (Phi) is 2.13. The van der Waals surface area contributed by atoms with E-state index in [2.05, 4.69) is 0 Å². The number of benzene rings is 1. The molecule has 13 heavy (non-hydrogen) atoms. The molecule has 0 saturated carbocycles. The standard InChI is InChI=1S/C11H10O2/c12-10-7-4-8-11(10)13-9-5-2-1-3-6-9/h1-7,11H,8H2. The Hall–Kier alpha value is -1.57. The maximum atomic E-state index is 11.2. The van der Waals surface area contributed by atoms with E-state index in [1.54, 1.807) is 6.08 Å². The summed E-state index contributed by atoms with van der Waals surface area (Å²) >= 11 is 0. The van der Waals surface area contributed by atoms with Gasteiger partial charge in [0.15, 0.2) is 11.9 Å². The van der Waals surface area contributed by atoms with Crippen LogP contribution in [0.25, 0.3) is 0 Å². The summed E-state index contributed by atoms with van der Waals surface area (Å²) in [5.41, 5.74) is 0. The second-order valence-corrected chi connectivity index (χ2v) is 2.96. The van der Waals surface area contributed by atoms with Crippen LogP contribution in [0.4, 0.5) is 0 Å². The van der Waals surface area contributed by atoms with Crippen LogP contribution in [0.3, 0.4) is 0 Å². The van der Waals surface area contributed by atoms with Gasteiger partial charge in [-0.2, -0.15) is 0 Å². The molecule has 0 N–H and O–H groups in total. The average molecular weight is 174 g/mol. The second kappa shape index (κ2) is 3.44. The Labute approximate surface area is 76.8 Å². The number of hydrogen-bond acceptors (Lipinski definition) is 2. The summed E-state index contributed by atoms with van der Waals surface area (Å²) in [6.07, 6.45) is 3.81. The molecule has 2 rings (SSSR count). The Balaban J connectivity index is 2.03. The molecule has 1 aliphatic carbocycles. The van der Waals surface area contributed by atoms with Crippen LogP contribution in [0.15, 0.2) is 42.5 Å². The Morgan fingerprint density at radius 1 is 1.23 bits per heavy atom. The molecule has 0 amide bonds. The van der Waals surface area contributed by atoms with Crippen LogP contribution in [0.5, 0.6) is 5.75 Å². The van der Waals surface area contributed by atoms with Crippen molar-refractivity contribution in [3.63, 3.8) is 0 Å². The maximum absolute atomic E-state index is 11.2. The molecule has 2 nitrogen and oxygen atoms in total. The third kappa shape index (κ3) is 1.78. The van der Waals surface area contributed by atoms with E-state index in [0.29, 0.717) is 6.42 Å². The van der Waals surface area contributed by atoms with Crippen molar-refractivity contribution < 1.29 is 9.53 Å². The first-order valence-electron chi connectivity index (χ1n) is 4.28. The van der Waals surface area contributed by atoms with Crippen molar-refractivity contribution in [3.05, 3.63) is 42.5 Å². The first-order chi connectivity index (χ1) is 6.36. The van der Waals surface area contributed by atoms with Crippen LogP contribution in [0, 0.1) is 0 Å². The van der Waals surface area contributed by atoms with Gasteiger partial charge in [0, 0.05) is 6.42 Å². The molecule has 0 saturated heterocycles. The lowest BCUT2D eigenvalue weighted by molar-refractivity contribution is -0.120. The van der Waals surface area contributed by atoms with Crippen molar-refractivity contribution in [2.75, 3.05) is 0 Å². The van der Waals surface area contributed by atoms with Gasteiger partial charge in [0.2, 0.25) is 0 Å². The molecule has 2 heteroatoms. The highest BCUT2D eigenvalue weighted by molar-refractivity contribution is 5.96. The summed E-state index contributed by atoms with van der Waals surface area (Å²) < 4.78 is 5.48. The van der Waals surface area contributed by atoms with Gasteiger partial charge in [0.05, 0.1) is 0 Å². The van der Waals surface area contributed by atoms with E-state index in [1.807, 2.05) is 36.4 Å². The van der Waals surface area contributed by atoms with Gasteiger partial charge in [0.1, 0.15) is 5.75 Å². The van der Waals surface area contributed by atoms with Crippen molar-refractivity contribution in [1.29, 1.82) is 0 Å². The molecule has 0 aromatic heterocycles. The first kappa shape index (κ1) is 8.05. The highest BCUT2D eigenvalue weighted by atomic mass is 16.5. The van der Waals surface area contributed by atoms with Crippen LogP contribution in [0.1, 0.15) is 6.42 Å². The topological polar surface area (TPSA) is 26.3 Å². The van der Waals surface area contributed by atoms with E-state index in [4.69, 9.17) is 4.74 Å². The third-order valence-corrected chi connectivity index (χ3v) is 1.97. The van der Waals surface area contributed by atoms with Crippen LogP contribution in [0.2, 0.25) is 0 Å². The molecule has 0 heterocycles. The van der Waals surface area contributed by atoms with Gasteiger partial charge in [-0.25, -0.2) is 0 Å². The van der Waals surface area contributed by atoms with Crippen LogP contribution < -0.4 is 4.74 Å². The zero-order chi connectivity index (χ0) is 9.10. The van der Waals surface area contributed by atoms with Crippen molar-refractivity contribution in [2.45, 2.75) is 12.5 Å². The van der Waals surface area contributed by atoms with E-state index in [9.17, 15) is 4.79 Å². The summed E-state index contributed by atoms with van der Waals surface area (Å²) in [4.78, 5) is 11.2. The van der Waals surface area contributed by atoms with E-state index in [-0.39, 0.29) is 11.9 Å². The van der Waals surface area contributed by atoms with E-state index >= 15 is 0 Å². The zero-order valence-corrected chi connectivity index (χ0v) is 7.14. The largest absolute Gasteiger partial charge is 0.482 e. The van der Waals surface area contributed by atoms with Crippen LogP contribution in [-0.2, 0) is 4.79 Å². The number of ketones is 1.